The van der Waals surface area contributed by atoms with Gasteiger partial charge in [0.2, 0.25) is 10.0 Å². The van der Waals surface area contributed by atoms with Crippen molar-refractivity contribution in [3.8, 4) is 0 Å². The lowest BCUT2D eigenvalue weighted by atomic mass is 10.2. The highest BCUT2D eigenvalue weighted by Crippen LogP contribution is 2.13. The highest BCUT2D eigenvalue weighted by Gasteiger charge is 2.16. The van der Waals surface area contributed by atoms with Crippen molar-refractivity contribution in [3.63, 3.8) is 0 Å². The molecule has 1 aliphatic rings. The van der Waals surface area contributed by atoms with Crippen LogP contribution in [-0.4, -0.2) is 39.5 Å². The van der Waals surface area contributed by atoms with Crippen LogP contribution in [0.5, 0.6) is 0 Å². The molecular formula is C14H22N2O2S. The Hall–Kier alpha value is -0.910. The molecule has 0 unspecified atom stereocenters. The molecule has 1 aromatic carbocycles. The first-order valence-electron chi connectivity index (χ1n) is 6.87. The molecule has 0 atom stereocenters. The predicted octanol–water partition coefficient (Wildman–Crippen LogP) is 1.76. The fraction of sp³-hybridized carbons (Fsp3) is 0.571. The highest BCUT2D eigenvalue weighted by atomic mass is 32.2. The van der Waals surface area contributed by atoms with Gasteiger partial charge in [0.25, 0.3) is 0 Å². The minimum atomic E-state index is -3.36. The largest absolute Gasteiger partial charge is 0.303 e. The maximum absolute atomic E-state index is 12.1. The number of sulfonamides is 1. The lowest BCUT2D eigenvalue weighted by Gasteiger charge is -2.14. The van der Waals surface area contributed by atoms with E-state index in [9.17, 15) is 8.42 Å². The van der Waals surface area contributed by atoms with Crippen LogP contribution in [0.15, 0.2) is 29.2 Å². The molecule has 1 heterocycles. The van der Waals surface area contributed by atoms with Crippen LogP contribution in [0.1, 0.15) is 24.8 Å². The zero-order valence-corrected chi connectivity index (χ0v) is 12.2. The van der Waals surface area contributed by atoms with Gasteiger partial charge in [-0.25, -0.2) is 13.1 Å². The van der Waals surface area contributed by atoms with Gasteiger partial charge < -0.3 is 4.90 Å². The Morgan fingerprint density at radius 1 is 1.21 bits per heavy atom. The number of benzene rings is 1. The number of aryl methyl sites for hydroxylation is 1. The number of hydrogen-bond donors (Lipinski definition) is 1. The molecule has 1 fully saturated rings. The summed E-state index contributed by atoms with van der Waals surface area (Å²) >= 11 is 0. The molecule has 4 nitrogen and oxygen atoms in total. The first-order chi connectivity index (χ1) is 9.09. The monoisotopic (exact) mass is 282 g/mol. The van der Waals surface area contributed by atoms with Crippen LogP contribution in [0.25, 0.3) is 0 Å². The molecule has 1 N–H and O–H groups in total. The summed E-state index contributed by atoms with van der Waals surface area (Å²) < 4.78 is 26.9. The van der Waals surface area contributed by atoms with Crippen molar-refractivity contribution in [2.24, 2.45) is 0 Å². The van der Waals surface area contributed by atoms with E-state index in [1.165, 1.54) is 12.8 Å². The van der Waals surface area contributed by atoms with Crippen molar-refractivity contribution >= 4 is 10.0 Å². The van der Waals surface area contributed by atoms with Crippen LogP contribution in [0.3, 0.4) is 0 Å². The van der Waals surface area contributed by atoms with Crippen LogP contribution in [0, 0.1) is 6.92 Å². The number of likely N-dealkylation sites (tertiary alicyclic amines) is 1. The average Bonchev–Trinajstić information content (AvgIpc) is 2.88. The van der Waals surface area contributed by atoms with Gasteiger partial charge in [0.05, 0.1) is 4.90 Å². The van der Waals surface area contributed by atoms with Crippen LogP contribution in [0.2, 0.25) is 0 Å². The number of rotatable bonds is 6. The fourth-order valence-corrected chi connectivity index (χ4v) is 3.77. The molecule has 1 aromatic rings. The molecule has 1 aliphatic heterocycles. The van der Waals surface area contributed by atoms with Crippen LogP contribution >= 0.6 is 0 Å². The molecule has 5 heteroatoms. The Morgan fingerprint density at radius 3 is 2.58 bits per heavy atom. The van der Waals surface area contributed by atoms with Crippen molar-refractivity contribution in [1.29, 1.82) is 0 Å². The van der Waals surface area contributed by atoms with Crippen molar-refractivity contribution < 1.29 is 8.42 Å². The van der Waals surface area contributed by atoms with E-state index in [1.54, 1.807) is 12.1 Å². The van der Waals surface area contributed by atoms with Gasteiger partial charge in [-0.2, -0.15) is 0 Å². The molecule has 0 radical (unpaired) electrons. The summed E-state index contributed by atoms with van der Waals surface area (Å²) in [6, 6.07) is 7.07. The minimum absolute atomic E-state index is 0.385. The molecule has 19 heavy (non-hydrogen) atoms. The van der Waals surface area contributed by atoms with Gasteiger partial charge in [0, 0.05) is 6.54 Å². The molecule has 0 aromatic heterocycles. The molecule has 106 valence electrons. The van der Waals surface area contributed by atoms with E-state index in [2.05, 4.69) is 9.62 Å². The summed E-state index contributed by atoms with van der Waals surface area (Å²) in [6.45, 7) is 5.62. The summed E-state index contributed by atoms with van der Waals surface area (Å²) in [7, 11) is -3.36. The Kier molecular flexibility index (Phi) is 4.96. The maximum atomic E-state index is 12.1. The van der Waals surface area contributed by atoms with E-state index in [-0.39, 0.29) is 0 Å². The smallest absolute Gasteiger partial charge is 0.240 e. The molecule has 2 rings (SSSR count). The van der Waals surface area contributed by atoms with E-state index >= 15 is 0 Å². The van der Waals surface area contributed by atoms with Gasteiger partial charge in [-0.15, -0.1) is 0 Å². The average molecular weight is 282 g/mol. The number of nitrogens with one attached hydrogen (secondary N) is 1. The lowest BCUT2D eigenvalue weighted by molar-refractivity contribution is 0.334. The van der Waals surface area contributed by atoms with E-state index < -0.39 is 10.0 Å². The Labute approximate surface area is 115 Å². The third-order valence-corrected chi connectivity index (χ3v) is 5.15. The van der Waals surface area contributed by atoms with Gasteiger partial charge in [0.15, 0.2) is 0 Å². The molecule has 0 amide bonds. The SMILES string of the molecule is Cc1ccccc1S(=O)(=O)NCCCN1CCCC1. The Bertz CT molecular complexity index is 508. The van der Waals surface area contributed by atoms with E-state index in [4.69, 9.17) is 0 Å². The number of nitrogens with zero attached hydrogens (tertiary/aromatic N) is 1. The maximum Gasteiger partial charge on any atom is 0.240 e. The van der Waals surface area contributed by atoms with Crippen molar-refractivity contribution in [2.75, 3.05) is 26.2 Å². The fourth-order valence-electron chi connectivity index (χ4n) is 2.45. The first-order valence-corrected chi connectivity index (χ1v) is 8.35. The van der Waals surface area contributed by atoms with Crippen molar-refractivity contribution in [3.05, 3.63) is 29.8 Å². The summed E-state index contributed by atoms with van der Waals surface area (Å²) in [4.78, 5) is 2.78. The van der Waals surface area contributed by atoms with E-state index in [1.807, 2.05) is 19.1 Å². The normalized spacial score (nSPS) is 16.9. The highest BCUT2D eigenvalue weighted by molar-refractivity contribution is 7.89. The minimum Gasteiger partial charge on any atom is -0.303 e. The quantitative estimate of drug-likeness (QED) is 0.809. The van der Waals surface area contributed by atoms with E-state index in [0.29, 0.717) is 11.4 Å². The Morgan fingerprint density at radius 2 is 1.89 bits per heavy atom. The predicted molar refractivity (Wildman–Crippen MR) is 76.7 cm³/mol. The number of hydrogen-bond acceptors (Lipinski definition) is 3. The van der Waals surface area contributed by atoms with Gasteiger partial charge >= 0.3 is 0 Å². The molecule has 0 bridgehead atoms. The molecular weight excluding hydrogens is 260 g/mol. The zero-order chi connectivity index (χ0) is 13.7. The summed E-state index contributed by atoms with van der Waals surface area (Å²) in [5.74, 6) is 0. The van der Waals surface area contributed by atoms with Crippen LogP contribution in [0.4, 0.5) is 0 Å². The standard InChI is InChI=1S/C14H22N2O2S/c1-13-7-2-3-8-14(13)19(17,18)15-9-6-12-16-10-4-5-11-16/h2-3,7-8,15H,4-6,9-12H2,1H3. The summed E-state index contributed by atoms with van der Waals surface area (Å²) in [6.07, 6.45) is 3.41. The summed E-state index contributed by atoms with van der Waals surface area (Å²) in [5.41, 5.74) is 0.787. The third kappa shape index (κ3) is 4.03. The lowest BCUT2D eigenvalue weighted by Crippen LogP contribution is -2.29. The van der Waals surface area contributed by atoms with Gasteiger partial charge in [0.1, 0.15) is 0 Å². The van der Waals surface area contributed by atoms with Crippen LogP contribution < -0.4 is 4.72 Å². The third-order valence-electron chi connectivity index (χ3n) is 3.52. The van der Waals surface area contributed by atoms with Crippen molar-refractivity contribution in [2.45, 2.75) is 31.1 Å². The van der Waals surface area contributed by atoms with Crippen molar-refractivity contribution in [1.82, 2.24) is 9.62 Å². The second-order valence-corrected chi connectivity index (χ2v) is 6.80. The van der Waals surface area contributed by atoms with Gasteiger partial charge in [-0.05, 0) is 57.5 Å². The van der Waals surface area contributed by atoms with Gasteiger partial charge in [-0.3, -0.25) is 0 Å². The topological polar surface area (TPSA) is 49.4 Å². The Balaban J connectivity index is 1.82. The summed E-state index contributed by atoms with van der Waals surface area (Å²) in [5, 5.41) is 0. The zero-order valence-electron chi connectivity index (χ0n) is 11.4. The first kappa shape index (κ1) is 14.5. The second-order valence-electron chi connectivity index (χ2n) is 5.07. The molecule has 0 saturated carbocycles. The molecule has 0 spiro atoms. The van der Waals surface area contributed by atoms with Crippen LogP contribution in [-0.2, 0) is 10.0 Å². The molecule has 1 saturated heterocycles. The van der Waals surface area contributed by atoms with Gasteiger partial charge in [-0.1, -0.05) is 18.2 Å². The molecule has 0 aliphatic carbocycles. The van der Waals surface area contributed by atoms with E-state index in [0.717, 1.165) is 31.6 Å². The second kappa shape index (κ2) is 6.50.